The number of ether oxygens (including phenoxy) is 1. The lowest BCUT2D eigenvalue weighted by molar-refractivity contribution is -0.127. The molecule has 4 nitrogen and oxygen atoms in total. The Morgan fingerprint density at radius 3 is 2.93 bits per heavy atom. The predicted octanol–water partition coefficient (Wildman–Crippen LogP) is 0.622. The van der Waals surface area contributed by atoms with Crippen LogP contribution in [0.3, 0.4) is 0 Å². The number of amides is 1. The quantitative estimate of drug-likeness (QED) is 0.729. The van der Waals surface area contributed by atoms with Gasteiger partial charge in [0.2, 0.25) is 5.91 Å². The molecule has 0 aromatic heterocycles. The van der Waals surface area contributed by atoms with Gasteiger partial charge in [-0.2, -0.15) is 0 Å². The first kappa shape index (κ1) is 12.5. The zero-order valence-electron chi connectivity index (χ0n) is 9.95. The summed E-state index contributed by atoms with van der Waals surface area (Å²) >= 11 is 0. The number of rotatable bonds is 5. The van der Waals surface area contributed by atoms with Crippen LogP contribution in [-0.2, 0) is 9.53 Å². The van der Waals surface area contributed by atoms with Gasteiger partial charge in [-0.15, -0.1) is 0 Å². The largest absolute Gasteiger partial charge is 0.380 e. The van der Waals surface area contributed by atoms with E-state index >= 15 is 0 Å². The van der Waals surface area contributed by atoms with Crippen molar-refractivity contribution in [3.8, 4) is 0 Å². The maximum atomic E-state index is 11.1. The lowest BCUT2D eigenvalue weighted by Gasteiger charge is -2.19. The molecule has 0 saturated carbocycles. The normalized spacial score (nSPS) is 23.1. The van der Waals surface area contributed by atoms with Gasteiger partial charge in [-0.3, -0.25) is 4.79 Å². The van der Waals surface area contributed by atoms with Gasteiger partial charge in [-0.25, -0.2) is 0 Å². The van der Waals surface area contributed by atoms with Gasteiger partial charge in [0.05, 0.1) is 6.61 Å². The van der Waals surface area contributed by atoms with Crippen molar-refractivity contribution in [1.29, 1.82) is 0 Å². The van der Waals surface area contributed by atoms with Crippen molar-refractivity contribution in [3.05, 3.63) is 0 Å². The number of carbonyl (C=O) groups excluding carboxylic acids is 1. The number of carbonyl (C=O) groups is 1. The van der Waals surface area contributed by atoms with E-state index in [1.165, 1.54) is 0 Å². The third kappa shape index (κ3) is 4.18. The Bertz CT molecular complexity index is 209. The maximum Gasteiger partial charge on any atom is 0.219 e. The monoisotopic (exact) mass is 214 g/mol. The van der Waals surface area contributed by atoms with Gasteiger partial charge in [0, 0.05) is 38.7 Å². The van der Waals surface area contributed by atoms with E-state index in [4.69, 9.17) is 4.74 Å². The molecule has 88 valence electrons. The van der Waals surface area contributed by atoms with Crippen LogP contribution in [0.25, 0.3) is 0 Å². The standard InChI is InChI=1S/C11H22N2O2/c1-4-15-8-9(2)12-11-5-6-13(7-11)10(3)14/h9,11-12H,4-8H2,1-3H3. The van der Waals surface area contributed by atoms with Gasteiger partial charge in [-0.05, 0) is 20.3 Å². The van der Waals surface area contributed by atoms with E-state index in [-0.39, 0.29) is 5.91 Å². The second-order valence-corrected chi connectivity index (χ2v) is 4.18. The van der Waals surface area contributed by atoms with Crippen LogP contribution < -0.4 is 5.32 Å². The SMILES string of the molecule is CCOCC(C)NC1CCN(C(C)=O)C1. The van der Waals surface area contributed by atoms with Gasteiger partial charge < -0.3 is 15.0 Å². The Balaban J connectivity index is 2.20. The summed E-state index contributed by atoms with van der Waals surface area (Å²) in [6.07, 6.45) is 1.05. The van der Waals surface area contributed by atoms with Crippen molar-refractivity contribution in [2.75, 3.05) is 26.3 Å². The number of hydrogen-bond acceptors (Lipinski definition) is 3. The summed E-state index contributed by atoms with van der Waals surface area (Å²) in [5, 5.41) is 3.48. The summed E-state index contributed by atoms with van der Waals surface area (Å²) in [6, 6.07) is 0.797. The van der Waals surface area contributed by atoms with Gasteiger partial charge in [-0.1, -0.05) is 0 Å². The molecule has 1 amide bonds. The highest BCUT2D eigenvalue weighted by molar-refractivity contribution is 5.73. The van der Waals surface area contributed by atoms with Gasteiger partial charge >= 0.3 is 0 Å². The highest BCUT2D eigenvalue weighted by atomic mass is 16.5. The average Bonchev–Trinajstić information content (AvgIpc) is 2.63. The minimum absolute atomic E-state index is 0.178. The zero-order chi connectivity index (χ0) is 11.3. The molecule has 2 unspecified atom stereocenters. The van der Waals surface area contributed by atoms with Gasteiger partial charge in [0.15, 0.2) is 0 Å². The van der Waals surface area contributed by atoms with Crippen LogP contribution in [-0.4, -0.2) is 49.2 Å². The zero-order valence-corrected chi connectivity index (χ0v) is 9.95. The number of nitrogens with zero attached hydrogens (tertiary/aromatic N) is 1. The second-order valence-electron chi connectivity index (χ2n) is 4.18. The molecule has 0 aliphatic carbocycles. The van der Waals surface area contributed by atoms with E-state index in [9.17, 15) is 4.79 Å². The van der Waals surface area contributed by atoms with E-state index < -0.39 is 0 Å². The van der Waals surface area contributed by atoms with Crippen LogP contribution in [0.5, 0.6) is 0 Å². The molecule has 2 atom stereocenters. The highest BCUT2D eigenvalue weighted by Gasteiger charge is 2.24. The summed E-state index contributed by atoms with van der Waals surface area (Å²) in [4.78, 5) is 13.0. The van der Waals surface area contributed by atoms with Crippen LogP contribution in [0.4, 0.5) is 0 Å². The van der Waals surface area contributed by atoms with E-state index in [1.807, 2.05) is 11.8 Å². The minimum atomic E-state index is 0.178. The highest BCUT2D eigenvalue weighted by Crippen LogP contribution is 2.09. The Hall–Kier alpha value is -0.610. The number of likely N-dealkylation sites (tertiary alicyclic amines) is 1. The summed E-state index contributed by atoms with van der Waals surface area (Å²) < 4.78 is 5.34. The lowest BCUT2D eigenvalue weighted by atomic mass is 10.2. The topological polar surface area (TPSA) is 41.6 Å². The maximum absolute atomic E-state index is 11.1. The summed E-state index contributed by atoms with van der Waals surface area (Å²) in [6.45, 7) is 8.97. The van der Waals surface area contributed by atoms with E-state index in [0.717, 1.165) is 32.7 Å². The van der Waals surface area contributed by atoms with Crippen LogP contribution in [0, 0.1) is 0 Å². The molecule has 1 aliphatic rings. The predicted molar refractivity (Wildman–Crippen MR) is 59.7 cm³/mol. The fourth-order valence-electron chi connectivity index (χ4n) is 1.93. The molecule has 0 bridgehead atoms. The molecule has 4 heteroatoms. The Morgan fingerprint density at radius 2 is 2.40 bits per heavy atom. The fraction of sp³-hybridized carbons (Fsp3) is 0.909. The first-order valence-corrected chi connectivity index (χ1v) is 5.72. The van der Waals surface area contributed by atoms with E-state index in [1.54, 1.807) is 6.92 Å². The van der Waals surface area contributed by atoms with E-state index in [2.05, 4.69) is 12.2 Å². The van der Waals surface area contributed by atoms with Crippen molar-refractivity contribution in [3.63, 3.8) is 0 Å². The van der Waals surface area contributed by atoms with Crippen molar-refractivity contribution in [1.82, 2.24) is 10.2 Å². The van der Waals surface area contributed by atoms with Crippen LogP contribution in [0.15, 0.2) is 0 Å². The molecule has 0 aromatic carbocycles. The van der Waals surface area contributed by atoms with Crippen LogP contribution in [0.2, 0.25) is 0 Å². The molecule has 0 aromatic rings. The molecular weight excluding hydrogens is 192 g/mol. The van der Waals surface area contributed by atoms with Gasteiger partial charge in [0.1, 0.15) is 0 Å². The second kappa shape index (κ2) is 6.08. The van der Waals surface area contributed by atoms with Crippen LogP contribution in [0.1, 0.15) is 27.2 Å². The first-order chi connectivity index (χ1) is 7.13. The molecule has 0 radical (unpaired) electrons. The number of hydrogen-bond donors (Lipinski definition) is 1. The molecule has 1 saturated heterocycles. The molecule has 1 rings (SSSR count). The Labute approximate surface area is 92.0 Å². The molecule has 1 aliphatic heterocycles. The molecule has 1 N–H and O–H groups in total. The van der Waals surface area contributed by atoms with Crippen molar-refractivity contribution < 1.29 is 9.53 Å². The molecule has 15 heavy (non-hydrogen) atoms. The summed E-state index contributed by atoms with van der Waals surface area (Å²) in [5.74, 6) is 0.178. The van der Waals surface area contributed by atoms with E-state index in [0.29, 0.717) is 12.1 Å². The molecular formula is C11H22N2O2. The smallest absolute Gasteiger partial charge is 0.219 e. The third-order valence-corrected chi connectivity index (χ3v) is 2.73. The third-order valence-electron chi connectivity index (χ3n) is 2.73. The van der Waals surface area contributed by atoms with Crippen molar-refractivity contribution >= 4 is 5.91 Å². The Kier molecular flexibility index (Phi) is 5.05. The Morgan fingerprint density at radius 1 is 1.67 bits per heavy atom. The van der Waals surface area contributed by atoms with Crippen molar-refractivity contribution in [2.45, 2.75) is 39.3 Å². The summed E-state index contributed by atoms with van der Waals surface area (Å²) in [5.41, 5.74) is 0. The van der Waals surface area contributed by atoms with Crippen LogP contribution >= 0.6 is 0 Å². The molecule has 0 spiro atoms. The molecule has 1 fully saturated rings. The average molecular weight is 214 g/mol. The fourth-order valence-corrected chi connectivity index (χ4v) is 1.93. The minimum Gasteiger partial charge on any atom is -0.380 e. The first-order valence-electron chi connectivity index (χ1n) is 5.72. The number of nitrogens with one attached hydrogen (secondary N) is 1. The lowest BCUT2D eigenvalue weighted by Crippen LogP contribution is -2.41. The van der Waals surface area contributed by atoms with Crippen molar-refractivity contribution in [2.24, 2.45) is 0 Å². The molecule has 1 heterocycles. The van der Waals surface area contributed by atoms with Gasteiger partial charge in [0.25, 0.3) is 0 Å². The summed E-state index contributed by atoms with van der Waals surface area (Å²) in [7, 11) is 0.